The smallest absolute Gasteiger partial charge is 0.131 e. The molecule has 2 aromatic rings. The Hall–Kier alpha value is -1.81. The Bertz CT molecular complexity index is 590. The first-order chi connectivity index (χ1) is 9.51. The maximum atomic E-state index is 13.9. The fourth-order valence-electron chi connectivity index (χ4n) is 2.28. The van der Waals surface area contributed by atoms with Crippen LogP contribution < -0.4 is 5.32 Å². The molecule has 1 N–H and O–H groups in total. The van der Waals surface area contributed by atoms with Gasteiger partial charge in [-0.25, -0.2) is 13.2 Å². The molecule has 0 bridgehead atoms. The van der Waals surface area contributed by atoms with E-state index in [2.05, 4.69) is 5.32 Å². The summed E-state index contributed by atoms with van der Waals surface area (Å²) < 4.78 is 40.5. The number of nitrogens with one attached hydrogen (secondary N) is 1. The van der Waals surface area contributed by atoms with Gasteiger partial charge in [0.25, 0.3) is 0 Å². The molecule has 0 aliphatic heterocycles. The maximum absolute atomic E-state index is 13.9. The molecule has 4 heteroatoms. The van der Waals surface area contributed by atoms with E-state index >= 15 is 0 Å². The van der Waals surface area contributed by atoms with E-state index in [4.69, 9.17) is 0 Å². The average Bonchev–Trinajstić information content (AvgIpc) is 2.35. The highest BCUT2D eigenvalue weighted by molar-refractivity contribution is 5.35. The van der Waals surface area contributed by atoms with Crippen molar-refractivity contribution in [3.05, 3.63) is 70.5 Å². The lowest BCUT2D eigenvalue weighted by Crippen LogP contribution is -2.23. The normalized spacial score (nSPS) is 12.4. The summed E-state index contributed by atoms with van der Waals surface area (Å²) in [6.07, 6.45) is 0. The molecule has 0 heterocycles. The summed E-state index contributed by atoms with van der Waals surface area (Å²) in [7, 11) is 0. The van der Waals surface area contributed by atoms with Gasteiger partial charge in [-0.15, -0.1) is 0 Å². The van der Waals surface area contributed by atoms with Gasteiger partial charge >= 0.3 is 0 Å². The van der Waals surface area contributed by atoms with E-state index in [1.807, 2.05) is 6.92 Å². The molecule has 2 aromatic carbocycles. The van der Waals surface area contributed by atoms with Crippen molar-refractivity contribution >= 4 is 0 Å². The Morgan fingerprint density at radius 2 is 1.75 bits per heavy atom. The van der Waals surface area contributed by atoms with Crippen LogP contribution in [0.15, 0.2) is 36.4 Å². The molecule has 0 saturated heterocycles. The second-order valence-electron chi connectivity index (χ2n) is 4.72. The first kappa shape index (κ1) is 14.6. The van der Waals surface area contributed by atoms with Crippen molar-refractivity contribution in [2.75, 3.05) is 6.54 Å². The van der Waals surface area contributed by atoms with Crippen LogP contribution in [0.25, 0.3) is 0 Å². The van der Waals surface area contributed by atoms with Crippen LogP contribution in [0.4, 0.5) is 13.2 Å². The van der Waals surface area contributed by atoms with E-state index in [-0.39, 0.29) is 5.82 Å². The molecule has 0 fully saturated rings. The minimum absolute atomic E-state index is 0.304. The Balaban J connectivity index is 2.49. The molecule has 106 valence electrons. The quantitative estimate of drug-likeness (QED) is 0.888. The van der Waals surface area contributed by atoms with Crippen LogP contribution in [0.2, 0.25) is 0 Å². The summed E-state index contributed by atoms with van der Waals surface area (Å²) >= 11 is 0. The zero-order valence-corrected chi connectivity index (χ0v) is 11.4. The fraction of sp³-hybridized carbons (Fsp3) is 0.250. The SMILES string of the molecule is CCNC(c1cc(C)cc(F)c1)c1ccc(F)cc1F. The topological polar surface area (TPSA) is 12.0 Å². The molecule has 1 unspecified atom stereocenters. The first-order valence-electron chi connectivity index (χ1n) is 6.46. The van der Waals surface area contributed by atoms with Gasteiger partial charge in [-0.3, -0.25) is 0 Å². The summed E-state index contributed by atoms with van der Waals surface area (Å²) in [5.41, 5.74) is 1.68. The van der Waals surface area contributed by atoms with Crippen molar-refractivity contribution < 1.29 is 13.2 Å². The van der Waals surface area contributed by atoms with Gasteiger partial charge in [0.05, 0.1) is 6.04 Å². The molecular formula is C16H16F3N. The van der Waals surface area contributed by atoms with Crippen LogP contribution in [0.1, 0.15) is 29.7 Å². The Kier molecular flexibility index (Phi) is 4.45. The second-order valence-corrected chi connectivity index (χ2v) is 4.72. The molecule has 0 saturated carbocycles. The fourth-order valence-corrected chi connectivity index (χ4v) is 2.28. The Morgan fingerprint density at radius 3 is 2.35 bits per heavy atom. The van der Waals surface area contributed by atoms with Crippen molar-refractivity contribution in [3.8, 4) is 0 Å². The van der Waals surface area contributed by atoms with Gasteiger partial charge in [0.1, 0.15) is 17.5 Å². The molecule has 1 atom stereocenters. The Morgan fingerprint density at radius 1 is 1.00 bits per heavy atom. The highest BCUT2D eigenvalue weighted by Gasteiger charge is 2.18. The standard InChI is InChI=1S/C16H16F3N/c1-3-20-16(11-6-10(2)7-13(18)8-11)14-5-4-12(17)9-15(14)19/h4-9,16,20H,3H2,1-2H3. The van der Waals surface area contributed by atoms with Gasteiger partial charge in [-0.1, -0.05) is 19.1 Å². The number of benzene rings is 2. The number of rotatable bonds is 4. The second kappa shape index (κ2) is 6.09. The lowest BCUT2D eigenvalue weighted by atomic mass is 9.96. The third kappa shape index (κ3) is 3.20. The molecule has 0 amide bonds. The van der Waals surface area contributed by atoms with E-state index < -0.39 is 17.7 Å². The number of hydrogen-bond acceptors (Lipinski definition) is 1. The van der Waals surface area contributed by atoms with Crippen LogP contribution in [-0.4, -0.2) is 6.54 Å². The van der Waals surface area contributed by atoms with Crippen molar-refractivity contribution in [2.45, 2.75) is 19.9 Å². The van der Waals surface area contributed by atoms with Gasteiger partial charge in [0.15, 0.2) is 0 Å². The van der Waals surface area contributed by atoms with Crippen LogP contribution in [0, 0.1) is 24.4 Å². The average molecular weight is 279 g/mol. The van der Waals surface area contributed by atoms with Crippen molar-refractivity contribution in [2.24, 2.45) is 0 Å². The number of aryl methyl sites for hydroxylation is 1. The van der Waals surface area contributed by atoms with E-state index in [0.29, 0.717) is 17.7 Å². The minimum Gasteiger partial charge on any atom is -0.306 e. The lowest BCUT2D eigenvalue weighted by molar-refractivity contribution is 0.538. The predicted octanol–water partition coefficient (Wildman–Crippen LogP) is 4.11. The van der Waals surface area contributed by atoms with Crippen molar-refractivity contribution in [3.63, 3.8) is 0 Å². The van der Waals surface area contributed by atoms with Crippen LogP contribution >= 0.6 is 0 Å². The molecule has 0 aliphatic carbocycles. The van der Waals surface area contributed by atoms with E-state index in [0.717, 1.165) is 11.6 Å². The molecule has 2 rings (SSSR count). The summed E-state index contributed by atoms with van der Waals surface area (Å²) in [4.78, 5) is 0. The summed E-state index contributed by atoms with van der Waals surface area (Å²) in [6, 6.07) is 7.49. The third-order valence-electron chi connectivity index (χ3n) is 3.08. The minimum atomic E-state index is -0.641. The van der Waals surface area contributed by atoms with Crippen molar-refractivity contribution in [1.29, 1.82) is 0 Å². The van der Waals surface area contributed by atoms with Gasteiger partial charge in [-0.05, 0) is 42.8 Å². The van der Waals surface area contributed by atoms with Gasteiger partial charge < -0.3 is 5.32 Å². The molecule has 0 radical (unpaired) electrons. The van der Waals surface area contributed by atoms with Crippen LogP contribution in [0.5, 0.6) is 0 Å². The maximum Gasteiger partial charge on any atom is 0.131 e. The van der Waals surface area contributed by atoms with Crippen LogP contribution in [0.3, 0.4) is 0 Å². The first-order valence-corrected chi connectivity index (χ1v) is 6.46. The third-order valence-corrected chi connectivity index (χ3v) is 3.08. The Labute approximate surface area is 116 Å². The highest BCUT2D eigenvalue weighted by Crippen LogP contribution is 2.26. The van der Waals surface area contributed by atoms with E-state index in [9.17, 15) is 13.2 Å². The summed E-state index contributed by atoms with van der Waals surface area (Å²) in [6.45, 7) is 4.23. The molecule has 20 heavy (non-hydrogen) atoms. The largest absolute Gasteiger partial charge is 0.306 e. The zero-order valence-electron chi connectivity index (χ0n) is 11.4. The number of halogens is 3. The van der Waals surface area contributed by atoms with Crippen LogP contribution in [-0.2, 0) is 0 Å². The van der Waals surface area contributed by atoms with Crippen molar-refractivity contribution in [1.82, 2.24) is 5.32 Å². The molecule has 0 spiro atoms. The zero-order chi connectivity index (χ0) is 14.7. The molecule has 0 aliphatic rings. The van der Waals surface area contributed by atoms with E-state index in [1.165, 1.54) is 24.3 Å². The summed E-state index contributed by atoms with van der Waals surface area (Å²) in [5.74, 6) is -1.64. The molecule has 1 nitrogen and oxygen atoms in total. The predicted molar refractivity (Wildman–Crippen MR) is 73.0 cm³/mol. The molecule has 0 aromatic heterocycles. The van der Waals surface area contributed by atoms with Gasteiger partial charge in [0.2, 0.25) is 0 Å². The lowest BCUT2D eigenvalue weighted by Gasteiger charge is -2.20. The number of hydrogen-bond donors (Lipinski definition) is 1. The van der Waals surface area contributed by atoms with Gasteiger partial charge in [0, 0.05) is 11.6 Å². The summed E-state index contributed by atoms with van der Waals surface area (Å²) in [5, 5.41) is 3.10. The molecular weight excluding hydrogens is 263 g/mol. The highest BCUT2D eigenvalue weighted by atomic mass is 19.1. The van der Waals surface area contributed by atoms with Gasteiger partial charge in [-0.2, -0.15) is 0 Å². The van der Waals surface area contributed by atoms with E-state index in [1.54, 1.807) is 13.0 Å². The monoisotopic (exact) mass is 279 g/mol.